The molecule has 2 atom stereocenters. The molecule has 3 heteroatoms. The first-order valence-electron chi connectivity index (χ1n) is 5.92. The summed E-state index contributed by atoms with van der Waals surface area (Å²) in [7, 11) is 0. The molecule has 0 fully saturated rings. The van der Waals surface area contributed by atoms with Gasteiger partial charge in [-0.25, -0.2) is 0 Å². The van der Waals surface area contributed by atoms with Crippen LogP contribution in [0, 0.1) is 11.3 Å². The Bertz CT molecular complexity index is 158. The van der Waals surface area contributed by atoms with Crippen molar-refractivity contribution < 1.29 is 10.2 Å². The van der Waals surface area contributed by atoms with Gasteiger partial charge in [0.2, 0.25) is 0 Å². The van der Waals surface area contributed by atoms with Gasteiger partial charge in [0.25, 0.3) is 0 Å². The zero-order valence-corrected chi connectivity index (χ0v) is 10.6. The molecule has 0 heterocycles. The fourth-order valence-corrected chi connectivity index (χ4v) is 1.44. The third-order valence-corrected chi connectivity index (χ3v) is 3.09. The molecule has 92 valence electrons. The van der Waals surface area contributed by atoms with E-state index in [0.717, 1.165) is 12.3 Å². The summed E-state index contributed by atoms with van der Waals surface area (Å²) in [5.41, 5.74) is -0.399. The average molecular weight is 217 g/mol. The fourth-order valence-electron chi connectivity index (χ4n) is 1.44. The number of rotatable bonds is 8. The molecule has 3 N–H and O–H groups in total. The minimum Gasteiger partial charge on any atom is -0.396 e. The first-order chi connectivity index (χ1) is 6.97. The molecule has 0 aromatic carbocycles. The van der Waals surface area contributed by atoms with Crippen molar-refractivity contribution in [3.8, 4) is 0 Å². The van der Waals surface area contributed by atoms with E-state index in [-0.39, 0.29) is 13.2 Å². The van der Waals surface area contributed by atoms with E-state index < -0.39 is 5.41 Å². The van der Waals surface area contributed by atoms with Crippen molar-refractivity contribution in [3.63, 3.8) is 0 Å². The van der Waals surface area contributed by atoms with Gasteiger partial charge in [-0.15, -0.1) is 0 Å². The monoisotopic (exact) mass is 217 g/mol. The van der Waals surface area contributed by atoms with E-state index in [1.807, 2.05) is 6.92 Å². The van der Waals surface area contributed by atoms with Gasteiger partial charge < -0.3 is 15.5 Å². The molecular weight excluding hydrogens is 190 g/mol. The van der Waals surface area contributed by atoms with Gasteiger partial charge in [-0.2, -0.15) is 0 Å². The van der Waals surface area contributed by atoms with E-state index in [4.69, 9.17) is 10.2 Å². The summed E-state index contributed by atoms with van der Waals surface area (Å²) in [5, 5.41) is 21.6. The van der Waals surface area contributed by atoms with Gasteiger partial charge in [0.15, 0.2) is 0 Å². The van der Waals surface area contributed by atoms with Crippen molar-refractivity contribution in [1.82, 2.24) is 5.32 Å². The van der Waals surface area contributed by atoms with Crippen LogP contribution >= 0.6 is 0 Å². The number of hydrogen-bond acceptors (Lipinski definition) is 3. The van der Waals surface area contributed by atoms with E-state index in [1.54, 1.807) is 0 Å². The van der Waals surface area contributed by atoms with Gasteiger partial charge >= 0.3 is 0 Å². The molecule has 0 aromatic heterocycles. The van der Waals surface area contributed by atoms with Gasteiger partial charge in [0.05, 0.1) is 13.2 Å². The van der Waals surface area contributed by atoms with Crippen LogP contribution in [-0.2, 0) is 0 Å². The van der Waals surface area contributed by atoms with Crippen LogP contribution in [0.4, 0.5) is 0 Å². The molecule has 0 saturated carbocycles. The molecule has 0 bridgehead atoms. The zero-order chi connectivity index (χ0) is 11.9. The zero-order valence-electron chi connectivity index (χ0n) is 10.6. The molecule has 0 radical (unpaired) electrons. The highest BCUT2D eigenvalue weighted by molar-refractivity contribution is 4.77. The molecule has 3 nitrogen and oxygen atoms in total. The molecule has 0 aliphatic carbocycles. The van der Waals surface area contributed by atoms with Crippen molar-refractivity contribution in [3.05, 3.63) is 0 Å². The van der Waals surface area contributed by atoms with Crippen molar-refractivity contribution in [1.29, 1.82) is 0 Å². The molecule has 2 unspecified atom stereocenters. The predicted molar refractivity (Wildman–Crippen MR) is 63.8 cm³/mol. The molecule has 0 rings (SSSR count). The Balaban J connectivity index is 3.83. The summed E-state index contributed by atoms with van der Waals surface area (Å²) < 4.78 is 0. The van der Waals surface area contributed by atoms with Gasteiger partial charge in [0, 0.05) is 18.0 Å². The fraction of sp³-hybridized carbons (Fsp3) is 1.00. The topological polar surface area (TPSA) is 52.5 Å². The Morgan fingerprint density at radius 1 is 1.20 bits per heavy atom. The maximum atomic E-state index is 9.13. The lowest BCUT2D eigenvalue weighted by atomic mass is 9.92. The molecular formula is C12H27NO2. The van der Waals surface area contributed by atoms with Crippen LogP contribution in [0.1, 0.15) is 40.5 Å². The summed E-state index contributed by atoms with van der Waals surface area (Å²) in [6.45, 7) is 9.19. The second-order valence-corrected chi connectivity index (χ2v) is 5.16. The van der Waals surface area contributed by atoms with E-state index in [9.17, 15) is 0 Å². The molecule has 0 amide bonds. The highest BCUT2D eigenvalue weighted by Crippen LogP contribution is 2.14. The van der Waals surface area contributed by atoms with E-state index in [0.29, 0.717) is 12.6 Å². The number of aliphatic hydroxyl groups excluding tert-OH is 2. The molecule has 0 aromatic rings. The molecule has 0 saturated heterocycles. The van der Waals surface area contributed by atoms with Crippen molar-refractivity contribution in [2.45, 2.75) is 46.6 Å². The maximum absolute atomic E-state index is 9.13. The second kappa shape index (κ2) is 7.20. The maximum Gasteiger partial charge on any atom is 0.0518 e. The Morgan fingerprint density at radius 3 is 2.13 bits per heavy atom. The third kappa shape index (κ3) is 6.13. The van der Waals surface area contributed by atoms with Crippen LogP contribution in [-0.4, -0.2) is 36.0 Å². The first kappa shape index (κ1) is 14.9. The highest BCUT2D eigenvalue weighted by Gasteiger charge is 2.22. The quantitative estimate of drug-likeness (QED) is 0.576. The Labute approximate surface area is 93.9 Å². The lowest BCUT2D eigenvalue weighted by molar-refractivity contribution is 0.0671. The van der Waals surface area contributed by atoms with E-state index >= 15 is 0 Å². The Morgan fingerprint density at radius 2 is 1.73 bits per heavy atom. The van der Waals surface area contributed by atoms with E-state index in [2.05, 4.69) is 26.1 Å². The molecule has 0 aliphatic heterocycles. The van der Waals surface area contributed by atoms with Gasteiger partial charge in [0.1, 0.15) is 0 Å². The molecule has 0 spiro atoms. The number of hydrogen-bond donors (Lipinski definition) is 3. The van der Waals surface area contributed by atoms with Gasteiger partial charge in [-0.1, -0.05) is 27.2 Å². The van der Waals surface area contributed by atoms with Crippen molar-refractivity contribution >= 4 is 0 Å². The minimum absolute atomic E-state index is 0.0204. The SMILES string of the molecule is CCC(C)CC(C)NCC(C)(CO)CO. The van der Waals surface area contributed by atoms with Crippen LogP contribution in [0.2, 0.25) is 0 Å². The van der Waals surface area contributed by atoms with Crippen molar-refractivity contribution in [2.75, 3.05) is 19.8 Å². The predicted octanol–water partition coefficient (Wildman–Crippen LogP) is 1.39. The lowest BCUT2D eigenvalue weighted by Gasteiger charge is -2.28. The normalized spacial score (nSPS) is 16.4. The highest BCUT2D eigenvalue weighted by atomic mass is 16.3. The molecule has 0 aliphatic rings. The molecule has 15 heavy (non-hydrogen) atoms. The summed E-state index contributed by atoms with van der Waals surface area (Å²) in [5.74, 6) is 0.724. The van der Waals surface area contributed by atoms with E-state index in [1.165, 1.54) is 6.42 Å². The number of aliphatic hydroxyl groups is 2. The van der Waals surface area contributed by atoms with Gasteiger partial charge in [-0.3, -0.25) is 0 Å². The Kier molecular flexibility index (Phi) is 7.14. The largest absolute Gasteiger partial charge is 0.396 e. The summed E-state index contributed by atoms with van der Waals surface area (Å²) >= 11 is 0. The van der Waals surface area contributed by atoms with Crippen LogP contribution in [0.15, 0.2) is 0 Å². The minimum atomic E-state index is -0.399. The average Bonchev–Trinajstić information content (AvgIpc) is 2.25. The van der Waals surface area contributed by atoms with Gasteiger partial charge in [-0.05, 0) is 19.3 Å². The van der Waals surface area contributed by atoms with Crippen molar-refractivity contribution in [2.24, 2.45) is 11.3 Å². The van der Waals surface area contributed by atoms with Crippen LogP contribution in [0.3, 0.4) is 0 Å². The lowest BCUT2D eigenvalue weighted by Crippen LogP contribution is -2.41. The Hall–Kier alpha value is -0.120. The summed E-state index contributed by atoms with van der Waals surface area (Å²) in [6.07, 6.45) is 2.34. The standard InChI is InChI=1S/C12H27NO2/c1-5-10(2)6-11(3)13-7-12(4,8-14)9-15/h10-11,13-15H,5-9H2,1-4H3. The third-order valence-electron chi connectivity index (χ3n) is 3.09. The van der Waals surface area contributed by atoms with Crippen LogP contribution in [0.25, 0.3) is 0 Å². The summed E-state index contributed by atoms with van der Waals surface area (Å²) in [6, 6.07) is 0.442. The van der Waals surface area contributed by atoms with Crippen LogP contribution < -0.4 is 5.32 Å². The smallest absolute Gasteiger partial charge is 0.0518 e. The summed E-state index contributed by atoms with van der Waals surface area (Å²) in [4.78, 5) is 0. The second-order valence-electron chi connectivity index (χ2n) is 5.16. The van der Waals surface area contributed by atoms with Crippen LogP contribution in [0.5, 0.6) is 0 Å². The number of nitrogens with one attached hydrogen (secondary N) is 1. The first-order valence-corrected chi connectivity index (χ1v) is 5.92.